The van der Waals surface area contributed by atoms with E-state index in [-0.39, 0.29) is 18.4 Å². The summed E-state index contributed by atoms with van der Waals surface area (Å²) in [7, 11) is 0. The van der Waals surface area contributed by atoms with Gasteiger partial charge in [-0.2, -0.15) is 4.98 Å². The normalized spacial score (nSPS) is 21.2. The molecule has 7 nitrogen and oxygen atoms in total. The van der Waals surface area contributed by atoms with E-state index < -0.39 is 0 Å². The number of hydrogen-bond donors (Lipinski definition) is 1. The monoisotopic (exact) mass is 344 g/mol. The minimum Gasteiger partial charge on any atom is -0.376 e. The van der Waals surface area contributed by atoms with Gasteiger partial charge in [-0.1, -0.05) is 35.5 Å². The number of ether oxygens (including phenoxy) is 1. The van der Waals surface area contributed by atoms with Gasteiger partial charge in [0.05, 0.1) is 25.7 Å². The Morgan fingerprint density at radius 1 is 1.32 bits per heavy atom. The van der Waals surface area contributed by atoms with E-state index >= 15 is 0 Å². The van der Waals surface area contributed by atoms with Crippen LogP contribution in [0.2, 0.25) is 0 Å². The fourth-order valence-corrected chi connectivity index (χ4v) is 2.79. The molecular weight excluding hydrogens is 320 g/mol. The topological polar surface area (TPSA) is 80.5 Å². The van der Waals surface area contributed by atoms with Crippen LogP contribution in [0.1, 0.15) is 31.1 Å². The molecule has 25 heavy (non-hydrogen) atoms. The number of morpholine rings is 1. The quantitative estimate of drug-likeness (QED) is 0.856. The van der Waals surface area contributed by atoms with Crippen LogP contribution >= 0.6 is 0 Å². The lowest BCUT2D eigenvalue weighted by Gasteiger charge is -2.35. The third-order valence-corrected chi connectivity index (χ3v) is 4.24. The first-order valence-electron chi connectivity index (χ1n) is 8.58. The van der Waals surface area contributed by atoms with Gasteiger partial charge in [0.25, 0.3) is 0 Å². The van der Waals surface area contributed by atoms with Crippen molar-refractivity contribution in [2.45, 2.75) is 45.5 Å². The van der Waals surface area contributed by atoms with Gasteiger partial charge in [-0.05, 0) is 19.4 Å². The number of hydrogen-bond acceptors (Lipinski definition) is 6. The Morgan fingerprint density at radius 2 is 2.12 bits per heavy atom. The van der Waals surface area contributed by atoms with Gasteiger partial charge in [0.2, 0.25) is 11.8 Å². The van der Waals surface area contributed by atoms with Gasteiger partial charge < -0.3 is 14.6 Å². The molecule has 0 saturated carbocycles. The van der Waals surface area contributed by atoms with Crippen molar-refractivity contribution in [1.29, 1.82) is 0 Å². The van der Waals surface area contributed by atoms with Crippen LogP contribution in [-0.4, -0.2) is 46.2 Å². The summed E-state index contributed by atoms with van der Waals surface area (Å²) in [6.45, 7) is 6.76. The molecule has 1 aliphatic heterocycles. The molecule has 2 aromatic rings. The molecule has 1 saturated heterocycles. The van der Waals surface area contributed by atoms with Gasteiger partial charge >= 0.3 is 0 Å². The van der Waals surface area contributed by atoms with Crippen LogP contribution in [-0.2, 0) is 29.0 Å². The van der Waals surface area contributed by atoms with E-state index in [1.807, 2.05) is 30.3 Å². The maximum Gasteiger partial charge on any atom is 0.240 e. The second kappa shape index (κ2) is 8.22. The van der Waals surface area contributed by atoms with E-state index in [1.54, 1.807) is 0 Å². The molecule has 1 aliphatic rings. The van der Waals surface area contributed by atoms with E-state index in [9.17, 15) is 4.79 Å². The minimum absolute atomic E-state index is 0.116. The molecule has 134 valence electrons. The van der Waals surface area contributed by atoms with Crippen molar-refractivity contribution in [3.8, 4) is 0 Å². The van der Waals surface area contributed by atoms with Gasteiger partial charge in [0.1, 0.15) is 0 Å². The van der Waals surface area contributed by atoms with Crippen LogP contribution < -0.4 is 5.32 Å². The Kier molecular flexibility index (Phi) is 5.78. The first-order valence-corrected chi connectivity index (χ1v) is 8.58. The summed E-state index contributed by atoms with van der Waals surface area (Å²) in [6.07, 6.45) is 0.313. The average Bonchev–Trinajstić information content (AvgIpc) is 3.04. The van der Waals surface area contributed by atoms with Gasteiger partial charge in [-0.15, -0.1) is 0 Å². The number of aromatic nitrogens is 2. The highest BCUT2D eigenvalue weighted by Crippen LogP contribution is 2.14. The molecule has 2 atom stereocenters. The number of nitrogens with one attached hydrogen (secondary N) is 1. The summed E-state index contributed by atoms with van der Waals surface area (Å²) in [5.74, 6) is 0.825. The minimum atomic E-state index is -0.121. The predicted molar refractivity (Wildman–Crippen MR) is 91.6 cm³/mol. The third kappa shape index (κ3) is 5.11. The molecule has 7 heteroatoms. The second-order valence-corrected chi connectivity index (χ2v) is 6.47. The largest absolute Gasteiger partial charge is 0.376 e. The van der Waals surface area contributed by atoms with E-state index in [4.69, 9.17) is 9.26 Å². The number of benzene rings is 1. The summed E-state index contributed by atoms with van der Waals surface area (Å²) in [5, 5.41) is 6.78. The maximum absolute atomic E-state index is 12.0. The lowest BCUT2D eigenvalue weighted by Crippen LogP contribution is -2.46. The molecule has 1 aromatic carbocycles. The van der Waals surface area contributed by atoms with Crippen molar-refractivity contribution in [3.63, 3.8) is 0 Å². The number of carbonyl (C=O) groups is 1. The Bertz CT molecular complexity index is 689. The van der Waals surface area contributed by atoms with Crippen molar-refractivity contribution in [3.05, 3.63) is 47.6 Å². The summed E-state index contributed by atoms with van der Waals surface area (Å²) in [6, 6.07) is 10.1. The molecule has 0 radical (unpaired) electrons. The molecule has 0 bridgehead atoms. The number of amides is 1. The van der Waals surface area contributed by atoms with Crippen LogP contribution in [0.3, 0.4) is 0 Å². The predicted octanol–water partition coefficient (Wildman–Crippen LogP) is 1.54. The molecule has 3 rings (SSSR count). The van der Waals surface area contributed by atoms with Crippen molar-refractivity contribution in [1.82, 2.24) is 20.4 Å². The van der Waals surface area contributed by atoms with Gasteiger partial charge in [-0.3, -0.25) is 9.69 Å². The number of nitrogens with zero attached hydrogens (tertiary/aromatic N) is 3. The van der Waals surface area contributed by atoms with Crippen LogP contribution in [0.5, 0.6) is 0 Å². The Hall–Kier alpha value is -2.25. The highest BCUT2D eigenvalue weighted by Gasteiger charge is 2.25. The Labute approximate surface area is 147 Å². The van der Waals surface area contributed by atoms with E-state index in [2.05, 4.69) is 34.2 Å². The van der Waals surface area contributed by atoms with Crippen molar-refractivity contribution >= 4 is 5.91 Å². The van der Waals surface area contributed by atoms with Gasteiger partial charge in [-0.25, -0.2) is 0 Å². The van der Waals surface area contributed by atoms with Crippen molar-refractivity contribution in [2.24, 2.45) is 0 Å². The zero-order valence-corrected chi connectivity index (χ0v) is 14.6. The van der Waals surface area contributed by atoms with E-state index in [0.717, 1.165) is 12.1 Å². The molecule has 0 aliphatic carbocycles. The Morgan fingerprint density at radius 3 is 2.92 bits per heavy atom. The molecule has 0 spiro atoms. The molecule has 2 heterocycles. The highest BCUT2D eigenvalue weighted by atomic mass is 16.5. The standard InChI is InChI=1S/C18H24N4O3/c1-13-12-24-14(2)10-22(13)11-18-20-16(21-25-18)8-17(23)19-9-15-6-4-3-5-7-15/h3-7,13-14H,8-12H2,1-2H3,(H,19,23). The highest BCUT2D eigenvalue weighted by molar-refractivity contribution is 5.77. The first kappa shape index (κ1) is 17.6. The van der Waals surface area contributed by atoms with E-state index in [1.165, 1.54) is 0 Å². The smallest absolute Gasteiger partial charge is 0.240 e. The molecule has 1 N–H and O–H groups in total. The first-order chi connectivity index (χ1) is 12.1. The second-order valence-electron chi connectivity index (χ2n) is 6.47. The molecular formula is C18H24N4O3. The van der Waals surface area contributed by atoms with Crippen LogP contribution in [0.25, 0.3) is 0 Å². The van der Waals surface area contributed by atoms with Crippen LogP contribution in [0, 0.1) is 0 Å². The number of carbonyl (C=O) groups excluding carboxylic acids is 1. The fraction of sp³-hybridized carbons (Fsp3) is 0.500. The van der Waals surface area contributed by atoms with Crippen LogP contribution in [0.4, 0.5) is 0 Å². The maximum atomic E-state index is 12.0. The molecule has 1 amide bonds. The van der Waals surface area contributed by atoms with Crippen molar-refractivity contribution < 1.29 is 14.1 Å². The third-order valence-electron chi connectivity index (χ3n) is 4.24. The summed E-state index contributed by atoms with van der Waals surface area (Å²) in [4.78, 5) is 18.6. The van der Waals surface area contributed by atoms with E-state index in [0.29, 0.717) is 37.5 Å². The summed E-state index contributed by atoms with van der Waals surface area (Å²) in [5.41, 5.74) is 1.06. The molecule has 1 fully saturated rings. The SMILES string of the molecule is CC1CN(Cc2nc(CC(=O)NCc3ccccc3)no2)C(C)CO1. The average molecular weight is 344 g/mol. The van der Waals surface area contributed by atoms with Gasteiger partial charge in [0.15, 0.2) is 5.82 Å². The van der Waals surface area contributed by atoms with Crippen LogP contribution in [0.15, 0.2) is 34.9 Å². The molecule has 2 unspecified atom stereocenters. The summed E-state index contributed by atoms with van der Waals surface area (Å²) >= 11 is 0. The number of rotatable bonds is 6. The van der Waals surface area contributed by atoms with Gasteiger partial charge in [0, 0.05) is 19.1 Å². The Balaban J connectivity index is 1.48. The lowest BCUT2D eigenvalue weighted by atomic mass is 10.2. The fourth-order valence-electron chi connectivity index (χ4n) is 2.79. The zero-order chi connectivity index (χ0) is 17.6. The summed E-state index contributed by atoms with van der Waals surface area (Å²) < 4.78 is 10.9. The van der Waals surface area contributed by atoms with Crippen molar-refractivity contribution in [2.75, 3.05) is 13.2 Å². The zero-order valence-electron chi connectivity index (χ0n) is 14.6. The molecule has 1 aromatic heterocycles. The lowest BCUT2D eigenvalue weighted by molar-refractivity contribution is -0.120.